The zero-order valence-corrected chi connectivity index (χ0v) is 80.2. The van der Waals surface area contributed by atoms with Gasteiger partial charge in [0.2, 0.25) is 0 Å². The fraction of sp³-hybridized carbons (Fsp3) is 0. The van der Waals surface area contributed by atoms with Crippen LogP contribution in [0.2, 0.25) is 0 Å². The molecular weight excluding hydrogens is 1840 g/mol. The maximum Gasteiger partial charge on any atom is 0.182 e. The largest absolute Gasteiger partial charge is 0.456 e. The molecule has 0 aliphatic rings. The molecule has 0 amide bonds. The Labute approximate surface area is 857 Å². The van der Waals surface area contributed by atoms with Crippen LogP contribution in [0.15, 0.2) is 505 Å². The van der Waals surface area contributed by atoms with Crippen molar-refractivity contribution in [3.05, 3.63) is 492 Å². The van der Waals surface area contributed by atoms with E-state index in [9.17, 15) is 0 Å². The summed E-state index contributed by atoms with van der Waals surface area (Å²) < 4.78 is 25.0. The second-order valence-corrected chi connectivity index (χ2v) is 37.0. The number of nitrogens with zero attached hydrogens (tertiary/aromatic N) is 15. The Morgan fingerprint density at radius 1 is 0.140 bits per heavy atom. The summed E-state index contributed by atoms with van der Waals surface area (Å²) in [7, 11) is 0. The minimum atomic E-state index is 0.515. The van der Waals surface area contributed by atoms with Gasteiger partial charge in [-0.15, -0.1) is 0 Å². The van der Waals surface area contributed by atoms with Gasteiger partial charge in [-0.05, 0) is 161 Å². The number of benzene rings is 18. The number of furan rings is 3. The van der Waals surface area contributed by atoms with Gasteiger partial charge in [0.05, 0.1) is 33.1 Å². The predicted octanol–water partition coefficient (Wildman–Crippen LogP) is 32.8. The molecule has 0 aliphatic heterocycles. The summed E-state index contributed by atoms with van der Waals surface area (Å²) in [5, 5.41) is 13.7. The molecule has 18 aromatic carbocycles. The van der Waals surface area contributed by atoms with Crippen molar-refractivity contribution < 1.29 is 13.3 Å². The highest BCUT2D eigenvalue weighted by molar-refractivity contribution is 6.15. The Hall–Kier alpha value is -20.8. The highest BCUT2D eigenvalue weighted by atomic mass is 16.3. The molecule has 18 heteroatoms. The average Bonchev–Trinajstić information content (AvgIpc) is 1.59. The van der Waals surface area contributed by atoms with Gasteiger partial charge in [-0.3, -0.25) is 13.7 Å². The Morgan fingerprint density at radius 2 is 0.413 bits per heavy atom. The number of hydrogen-bond donors (Lipinski definition) is 0. The van der Waals surface area contributed by atoms with E-state index in [1.165, 1.54) is 10.8 Å². The van der Waals surface area contributed by atoms with E-state index in [2.05, 4.69) is 238 Å². The van der Waals surface area contributed by atoms with Crippen LogP contribution in [0.3, 0.4) is 0 Å². The minimum Gasteiger partial charge on any atom is -0.456 e. The molecule has 30 rings (SSSR count). The summed E-state index contributed by atoms with van der Waals surface area (Å²) in [6.45, 7) is 0. The first kappa shape index (κ1) is 87.1. The molecule has 0 fully saturated rings. The van der Waals surface area contributed by atoms with E-state index in [4.69, 9.17) is 73.1 Å². The van der Waals surface area contributed by atoms with E-state index in [0.29, 0.717) is 58.1 Å². The van der Waals surface area contributed by atoms with Crippen LogP contribution in [0.5, 0.6) is 0 Å². The fourth-order valence-corrected chi connectivity index (χ4v) is 20.7. The van der Waals surface area contributed by atoms with Gasteiger partial charge >= 0.3 is 0 Å². The lowest BCUT2D eigenvalue weighted by Gasteiger charge is -2.11. The van der Waals surface area contributed by atoms with Crippen LogP contribution in [-0.2, 0) is 0 Å². The SMILES string of the molecule is c1ccc(-c2nc(-c3ccccc3)nc(-c3ccc(-n4c5ccccc5c5ccc(-c6ccc7oc8ccccc8c7c6)cc54)nc3)n2)cc1.c1ccc(-c2nc(-c3ccccc3)nc(-c3cccc(-n4c5ccccc5c5ccc(-c6ccc7oc8ccccc8c7c6)cc54)n3)n2)cc1.c1ccc(-c2nc(-c3ccccc3)nc(-c3ccnc(-n4c5ccccc5c5ccc(-c6ccc7oc8ccccc8c7c6)cc54)c3)n2)cc1. The molecule has 0 aliphatic carbocycles. The fourth-order valence-electron chi connectivity index (χ4n) is 20.7. The van der Waals surface area contributed by atoms with Gasteiger partial charge in [0.25, 0.3) is 0 Å². The molecule has 702 valence electrons. The van der Waals surface area contributed by atoms with E-state index in [0.717, 1.165) is 216 Å². The maximum atomic E-state index is 6.12. The smallest absolute Gasteiger partial charge is 0.182 e. The second kappa shape index (κ2) is 36.9. The van der Waals surface area contributed by atoms with E-state index in [1.807, 2.05) is 267 Å². The molecule has 0 saturated carbocycles. The number of fused-ring (bicyclic) bond motifs is 18. The number of pyridine rings is 3. The monoisotopic (exact) mass is 1920 g/mol. The zero-order valence-electron chi connectivity index (χ0n) is 80.2. The first-order valence-corrected chi connectivity index (χ1v) is 49.7. The first-order valence-electron chi connectivity index (χ1n) is 49.7. The Balaban J connectivity index is 0.000000108. The van der Waals surface area contributed by atoms with Gasteiger partial charge in [0, 0.05) is 122 Å². The molecule has 0 bridgehead atoms. The molecule has 150 heavy (non-hydrogen) atoms. The molecule has 30 aromatic rings. The van der Waals surface area contributed by atoms with Crippen LogP contribution >= 0.6 is 0 Å². The molecule has 18 nitrogen and oxygen atoms in total. The van der Waals surface area contributed by atoms with Crippen molar-refractivity contribution in [2.75, 3.05) is 0 Å². The third-order valence-electron chi connectivity index (χ3n) is 27.9. The van der Waals surface area contributed by atoms with Crippen molar-refractivity contribution in [1.82, 2.24) is 73.5 Å². The van der Waals surface area contributed by atoms with Crippen molar-refractivity contribution in [1.29, 1.82) is 0 Å². The van der Waals surface area contributed by atoms with Gasteiger partial charge in [0.15, 0.2) is 52.4 Å². The van der Waals surface area contributed by atoms with Gasteiger partial charge in [-0.1, -0.05) is 352 Å². The number of aromatic nitrogens is 15. The lowest BCUT2D eigenvalue weighted by molar-refractivity contribution is 0.668. The third-order valence-corrected chi connectivity index (χ3v) is 27.9. The van der Waals surface area contributed by atoms with Crippen molar-refractivity contribution in [2.45, 2.75) is 0 Å². The molecule has 0 spiro atoms. The van der Waals surface area contributed by atoms with Crippen molar-refractivity contribution in [3.63, 3.8) is 0 Å². The summed E-state index contributed by atoms with van der Waals surface area (Å²) in [6.07, 6.45) is 3.69. The van der Waals surface area contributed by atoms with Crippen LogP contribution in [0.25, 0.3) is 285 Å². The molecular formula is C132H81N15O3. The zero-order chi connectivity index (χ0) is 99.1. The van der Waals surface area contributed by atoms with Crippen LogP contribution in [0, 0.1) is 0 Å². The maximum absolute atomic E-state index is 6.12. The predicted molar refractivity (Wildman–Crippen MR) is 603 cm³/mol. The van der Waals surface area contributed by atoms with Gasteiger partial charge in [-0.2, -0.15) is 0 Å². The molecule has 0 N–H and O–H groups in total. The van der Waals surface area contributed by atoms with Gasteiger partial charge < -0.3 is 13.3 Å². The Morgan fingerprint density at radius 3 is 0.767 bits per heavy atom. The van der Waals surface area contributed by atoms with Crippen molar-refractivity contribution in [3.8, 4) is 153 Å². The lowest BCUT2D eigenvalue weighted by Crippen LogP contribution is -2.03. The van der Waals surface area contributed by atoms with Crippen molar-refractivity contribution in [2.24, 2.45) is 0 Å². The quantitative estimate of drug-likeness (QED) is 0.0935. The summed E-state index contributed by atoms with van der Waals surface area (Å²) in [6, 6.07) is 164. The summed E-state index contributed by atoms with van der Waals surface area (Å²) >= 11 is 0. The standard InChI is InChI=1S/3C44H27N5O/c1-3-12-28(13-4-1)42-46-43(29-14-5-2-6-15-29)48-44(47-42)36-18-11-21-41(45-36)49-37-19-9-7-16-32(37)33-24-22-31(27-38(33)49)30-23-25-40-35(26-30)34-17-8-10-20-39(34)50-40;1-3-11-28(12-4-1)42-46-43(29-13-5-2-6-14-29)48-44(47-42)32-21-24-41(45-27-32)49-37-17-9-7-15-33(37)34-22-19-31(26-38(34)49)30-20-23-40-36(25-30)35-16-8-10-18-39(35)50-40;1-3-11-28(12-4-1)42-46-43(29-13-5-2-6-14-29)48-44(47-42)32-23-24-45-41(27-32)49-37-17-9-7-15-33(37)34-21-19-31(26-38(34)49)30-20-22-40-36(25-30)35-16-8-10-18-39(35)50-40/h3*1-27H. The second-order valence-electron chi connectivity index (χ2n) is 37.0. The van der Waals surface area contributed by atoms with E-state index in [-0.39, 0.29) is 0 Å². The summed E-state index contributed by atoms with van der Waals surface area (Å²) in [5.41, 5.74) is 26.4. The topological polar surface area (TPSA) is 209 Å². The number of para-hydroxylation sites is 6. The normalized spacial score (nSPS) is 11.6. The van der Waals surface area contributed by atoms with E-state index < -0.39 is 0 Å². The molecule has 12 aromatic heterocycles. The van der Waals surface area contributed by atoms with Crippen LogP contribution in [0.1, 0.15) is 0 Å². The van der Waals surface area contributed by atoms with Gasteiger partial charge in [-0.25, -0.2) is 59.8 Å². The summed E-state index contributed by atoms with van der Waals surface area (Å²) in [4.78, 5) is 59.4. The highest BCUT2D eigenvalue weighted by Crippen LogP contribution is 2.44. The van der Waals surface area contributed by atoms with Crippen molar-refractivity contribution >= 4 is 131 Å². The summed E-state index contributed by atoms with van der Waals surface area (Å²) in [5.74, 6) is 7.74. The minimum absolute atomic E-state index is 0.515. The highest BCUT2D eigenvalue weighted by Gasteiger charge is 2.25. The van der Waals surface area contributed by atoms with E-state index in [1.54, 1.807) is 0 Å². The van der Waals surface area contributed by atoms with E-state index >= 15 is 0 Å². The molecule has 0 radical (unpaired) electrons. The molecule has 0 unspecified atom stereocenters. The molecule has 0 saturated heterocycles. The molecule has 0 atom stereocenters. The average molecular weight is 1930 g/mol. The van der Waals surface area contributed by atoms with Crippen LogP contribution in [0.4, 0.5) is 0 Å². The van der Waals surface area contributed by atoms with Crippen LogP contribution in [-0.4, -0.2) is 73.5 Å². The third kappa shape index (κ3) is 15.9. The van der Waals surface area contributed by atoms with Crippen LogP contribution < -0.4 is 0 Å². The Kier molecular flexibility index (Phi) is 21.4. The lowest BCUT2D eigenvalue weighted by atomic mass is 10.0. The number of hydrogen-bond acceptors (Lipinski definition) is 15. The Bertz CT molecular complexity index is 9920. The first-order chi connectivity index (χ1) is 74.3. The number of rotatable bonds is 15. The van der Waals surface area contributed by atoms with Gasteiger partial charge in [0.1, 0.15) is 56.6 Å². The molecule has 12 heterocycles.